The molecule has 3 N–H and O–H groups in total. The van der Waals surface area contributed by atoms with E-state index in [0.29, 0.717) is 43.8 Å². The molecule has 0 spiro atoms. The summed E-state index contributed by atoms with van der Waals surface area (Å²) >= 11 is 5.98. The summed E-state index contributed by atoms with van der Waals surface area (Å²) in [7, 11) is 0. The summed E-state index contributed by atoms with van der Waals surface area (Å²) in [5, 5.41) is 9.38. The third-order valence-corrected chi connectivity index (χ3v) is 7.94. The van der Waals surface area contributed by atoms with Crippen molar-refractivity contribution in [3.05, 3.63) is 47.0 Å². The Bertz CT molecular complexity index is 1130. The van der Waals surface area contributed by atoms with E-state index in [-0.39, 0.29) is 23.6 Å². The summed E-state index contributed by atoms with van der Waals surface area (Å²) in [6.07, 6.45) is 9.00. The predicted molar refractivity (Wildman–Crippen MR) is 152 cm³/mol. The maximum atomic E-state index is 13.7. The SMILES string of the molecule is CC(C)(C)OC(=O)N[C@H]1CCCCCC=C[C@@H]2C[C@@]2(C(=O)NCc2ccc(Cl)cc2)NC(=O)C2CCCN2C1=O. The van der Waals surface area contributed by atoms with E-state index in [4.69, 9.17) is 16.3 Å². The Labute approximate surface area is 241 Å². The number of amides is 4. The van der Waals surface area contributed by atoms with Gasteiger partial charge in [-0.15, -0.1) is 0 Å². The molecular formula is C30H41ClN4O5. The van der Waals surface area contributed by atoms with Gasteiger partial charge in [0.15, 0.2) is 0 Å². The van der Waals surface area contributed by atoms with Gasteiger partial charge >= 0.3 is 6.09 Å². The van der Waals surface area contributed by atoms with Crippen LogP contribution in [0, 0.1) is 5.92 Å². The molecule has 2 aliphatic heterocycles. The molecule has 4 rings (SSSR count). The van der Waals surface area contributed by atoms with Crippen LogP contribution in [0.2, 0.25) is 5.02 Å². The number of benzene rings is 1. The second kappa shape index (κ2) is 12.6. The van der Waals surface area contributed by atoms with Crippen LogP contribution >= 0.6 is 11.6 Å². The fourth-order valence-electron chi connectivity index (χ4n) is 5.49. The van der Waals surface area contributed by atoms with Gasteiger partial charge < -0.3 is 25.6 Å². The second-order valence-corrected chi connectivity index (χ2v) is 12.5. The van der Waals surface area contributed by atoms with Gasteiger partial charge in [0.05, 0.1) is 0 Å². The van der Waals surface area contributed by atoms with Gasteiger partial charge in [0.2, 0.25) is 17.7 Å². The summed E-state index contributed by atoms with van der Waals surface area (Å²) in [6, 6.07) is 5.76. The van der Waals surface area contributed by atoms with E-state index in [1.54, 1.807) is 37.8 Å². The van der Waals surface area contributed by atoms with Gasteiger partial charge in [0.25, 0.3) is 0 Å². The van der Waals surface area contributed by atoms with Crippen molar-refractivity contribution in [3.8, 4) is 0 Å². The first kappa shape index (κ1) is 29.9. The Hall–Kier alpha value is -3.07. The van der Waals surface area contributed by atoms with E-state index in [2.05, 4.69) is 22.0 Å². The van der Waals surface area contributed by atoms with E-state index in [0.717, 1.165) is 31.2 Å². The molecule has 0 radical (unpaired) electrons. The minimum absolute atomic E-state index is 0.112. The topological polar surface area (TPSA) is 117 Å². The lowest BCUT2D eigenvalue weighted by Crippen LogP contribution is -2.57. The van der Waals surface area contributed by atoms with Gasteiger partial charge in [0, 0.05) is 24.0 Å². The lowest BCUT2D eigenvalue weighted by molar-refractivity contribution is -0.141. The molecule has 9 nitrogen and oxygen atoms in total. The Morgan fingerprint density at radius 3 is 2.58 bits per heavy atom. The number of nitrogens with zero attached hydrogens (tertiary/aromatic N) is 1. The van der Waals surface area contributed by atoms with Crippen molar-refractivity contribution in [2.24, 2.45) is 5.92 Å². The molecule has 1 aromatic carbocycles. The van der Waals surface area contributed by atoms with Crippen molar-refractivity contribution in [1.29, 1.82) is 0 Å². The lowest BCUT2D eigenvalue weighted by Gasteiger charge is -2.30. The van der Waals surface area contributed by atoms with Crippen molar-refractivity contribution in [1.82, 2.24) is 20.9 Å². The van der Waals surface area contributed by atoms with E-state index in [9.17, 15) is 19.2 Å². The monoisotopic (exact) mass is 572 g/mol. The summed E-state index contributed by atoms with van der Waals surface area (Å²) in [6.45, 7) is 6.04. The van der Waals surface area contributed by atoms with Crippen molar-refractivity contribution in [2.75, 3.05) is 6.54 Å². The number of ether oxygens (including phenoxy) is 1. The maximum Gasteiger partial charge on any atom is 0.408 e. The second-order valence-electron chi connectivity index (χ2n) is 12.0. The van der Waals surface area contributed by atoms with Crippen LogP contribution in [-0.2, 0) is 25.7 Å². The summed E-state index contributed by atoms with van der Waals surface area (Å²) < 4.78 is 5.41. The first-order chi connectivity index (χ1) is 19.0. The fraction of sp³-hybridized carbons (Fsp3) is 0.600. The number of halogens is 1. The molecular weight excluding hydrogens is 532 g/mol. The first-order valence-electron chi connectivity index (χ1n) is 14.3. The van der Waals surface area contributed by atoms with Crippen molar-refractivity contribution < 1.29 is 23.9 Å². The molecule has 3 aliphatic rings. The van der Waals surface area contributed by atoms with E-state index in [1.807, 2.05) is 18.2 Å². The van der Waals surface area contributed by atoms with Crippen molar-refractivity contribution in [3.63, 3.8) is 0 Å². The molecule has 4 atom stereocenters. The van der Waals surface area contributed by atoms with Crippen molar-refractivity contribution >= 4 is 35.4 Å². The largest absolute Gasteiger partial charge is 0.444 e. The number of carbonyl (C=O) groups is 4. The highest BCUT2D eigenvalue weighted by Gasteiger charge is 2.60. The van der Waals surface area contributed by atoms with Crippen LogP contribution in [0.4, 0.5) is 4.79 Å². The van der Waals surface area contributed by atoms with Crippen LogP contribution in [0.3, 0.4) is 0 Å². The van der Waals surface area contributed by atoms with Crippen LogP contribution in [0.1, 0.15) is 77.7 Å². The Kier molecular flexibility index (Phi) is 9.44. The molecule has 1 unspecified atom stereocenters. The molecule has 218 valence electrons. The Morgan fingerprint density at radius 2 is 1.85 bits per heavy atom. The van der Waals surface area contributed by atoms with Gasteiger partial charge in [-0.3, -0.25) is 14.4 Å². The van der Waals surface area contributed by atoms with Gasteiger partial charge in [0.1, 0.15) is 23.2 Å². The van der Waals surface area contributed by atoms with Gasteiger partial charge in [-0.25, -0.2) is 4.79 Å². The number of hydrogen-bond acceptors (Lipinski definition) is 5. The molecule has 10 heteroatoms. The van der Waals surface area contributed by atoms with E-state index < -0.39 is 29.3 Å². The Morgan fingerprint density at radius 1 is 1.10 bits per heavy atom. The number of carbonyl (C=O) groups excluding carboxylic acids is 4. The molecule has 1 aromatic rings. The quantitative estimate of drug-likeness (QED) is 0.467. The standard InChI is InChI=1S/C30H41ClN4O5/c1-29(2,3)40-28(39)33-23-11-8-6-4-5-7-10-21-18-30(21,27(38)32-19-20-13-15-22(31)16-14-20)34-25(36)24-12-9-17-35(24)26(23)37/h7,10,13-16,21,23-24H,4-6,8-9,11-12,17-19H2,1-3H3,(H,32,38)(H,33,39)(H,34,36)/t21-,23+,24?,30-/m1/s1. The average molecular weight is 573 g/mol. The maximum absolute atomic E-state index is 13.7. The highest BCUT2D eigenvalue weighted by atomic mass is 35.5. The highest BCUT2D eigenvalue weighted by molar-refractivity contribution is 6.30. The van der Waals surface area contributed by atoms with Gasteiger partial charge in [-0.05, 0) is 77.0 Å². The van der Waals surface area contributed by atoms with Crippen LogP contribution in [0.5, 0.6) is 0 Å². The number of alkyl carbamates (subject to hydrolysis) is 1. The summed E-state index contributed by atoms with van der Waals surface area (Å²) in [5.74, 6) is -0.978. The first-order valence-corrected chi connectivity index (χ1v) is 14.7. The zero-order valence-corrected chi connectivity index (χ0v) is 24.4. The molecule has 4 amide bonds. The number of rotatable bonds is 4. The van der Waals surface area contributed by atoms with Crippen LogP contribution in [-0.4, -0.2) is 58.5 Å². The summed E-state index contributed by atoms with van der Waals surface area (Å²) in [4.78, 5) is 54.9. The zero-order chi connectivity index (χ0) is 28.9. The minimum atomic E-state index is -1.05. The predicted octanol–water partition coefficient (Wildman–Crippen LogP) is 4.24. The molecule has 0 aromatic heterocycles. The smallest absolute Gasteiger partial charge is 0.408 e. The van der Waals surface area contributed by atoms with Gasteiger partial charge in [-0.1, -0.05) is 48.7 Å². The highest BCUT2D eigenvalue weighted by Crippen LogP contribution is 2.45. The molecule has 1 saturated heterocycles. The number of fused-ring (bicyclic) bond motifs is 2. The third kappa shape index (κ3) is 7.56. The Balaban J connectivity index is 1.50. The molecule has 2 fully saturated rings. The van der Waals surface area contributed by atoms with E-state index in [1.165, 1.54) is 0 Å². The number of allylic oxidation sites excluding steroid dienone is 1. The van der Waals surface area contributed by atoms with Gasteiger partial charge in [-0.2, -0.15) is 0 Å². The van der Waals surface area contributed by atoms with Crippen LogP contribution in [0.25, 0.3) is 0 Å². The molecule has 2 heterocycles. The molecule has 1 aliphatic carbocycles. The van der Waals surface area contributed by atoms with Crippen LogP contribution < -0.4 is 16.0 Å². The lowest BCUT2D eigenvalue weighted by atomic mass is 10.0. The van der Waals surface area contributed by atoms with Crippen LogP contribution in [0.15, 0.2) is 36.4 Å². The third-order valence-electron chi connectivity index (χ3n) is 7.69. The fourth-order valence-corrected chi connectivity index (χ4v) is 5.61. The summed E-state index contributed by atoms with van der Waals surface area (Å²) in [5.41, 5.74) is -0.842. The zero-order valence-electron chi connectivity index (χ0n) is 23.6. The van der Waals surface area contributed by atoms with E-state index >= 15 is 0 Å². The normalized spacial score (nSPS) is 27.4. The van der Waals surface area contributed by atoms with Crippen molar-refractivity contribution in [2.45, 2.75) is 102 Å². The minimum Gasteiger partial charge on any atom is -0.444 e. The molecule has 40 heavy (non-hydrogen) atoms. The number of nitrogens with one attached hydrogen (secondary N) is 3. The number of hydrogen-bond donors (Lipinski definition) is 3. The molecule has 0 bridgehead atoms. The average Bonchev–Trinajstić information content (AvgIpc) is 3.35. The molecule has 1 saturated carbocycles.